The molecule has 4 nitrogen and oxygen atoms in total. The molecule has 0 saturated heterocycles. The summed E-state index contributed by atoms with van der Waals surface area (Å²) < 4.78 is 7.70. The van der Waals surface area contributed by atoms with E-state index in [0.29, 0.717) is 0 Å². The maximum Gasteiger partial charge on any atom is 0.133 e. The minimum absolute atomic E-state index is 0.866. The number of rotatable bonds is 3. The van der Waals surface area contributed by atoms with E-state index in [9.17, 15) is 0 Å². The summed E-state index contributed by atoms with van der Waals surface area (Å²) >= 11 is 0. The van der Waals surface area contributed by atoms with Crippen molar-refractivity contribution in [3.8, 4) is 22.7 Å². The molecule has 26 heavy (non-hydrogen) atoms. The lowest BCUT2D eigenvalue weighted by atomic mass is 10.0. The summed E-state index contributed by atoms with van der Waals surface area (Å²) in [5, 5.41) is 8.68. The second-order valence-corrected chi connectivity index (χ2v) is 6.96. The zero-order valence-corrected chi connectivity index (χ0v) is 15.7. The predicted octanol–water partition coefficient (Wildman–Crippen LogP) is 4.91. The second-order valence-electron chi connectivity index (χ2n) is 6.96. The van der Waals surface area contributed by atoms with Crippen molar-refractivity contribution in [3.63, 3.8) is 0 Å². The molecule has 0 spiro atoms. The van der Waals surface area contributed by atoms with Crippen LogP contribution in [-0.2, 0) is 6.42 Å². The van der Waals surface area contributed by atoms with Gasteiger partial charge >= 0.3 is 0 Å². The fourth-order valence-electron chi connectivity index (χ4n) is 3.68. The number of fused-ring (bicyclic) bond motifs is 1. The largest absolute Gasteiger partial charge is 0.496 e. The molecule has 0 fully saturated rings. The van der Waals surface area contributed by atoms with Gasteiger partial charge in [0.25, 0.3) is 0 Å². The Kier molecular flexibility index (Phi) is 4.41. The van der Waals surface area contributed by atoms with Crippen molar-refractivity contribution < 1.29 is 4.74 Å². The molecule has 0 saturated carbocycles. The standard InChI is InChI=1S/C22H25N3O/c1-15-11-12-16(2)19(14-15)25-22-18(9-6-7-13-23-22)21(24-25)17-8-4-5-10-20(17)26-3/h4-5,8,10-12,14,23H,6-7,9,13H2,1-3H3. The number of hydrogen-bond donors (Lipinski definition) is 1. The Morgan fingerprint density at radius 1 is 1.08 bits per heavy atom. The van der Waals surface area contributed by atoms with Crippen molar-refractivity contribution in [1.29, 1.82) is 0 Å². The van der Waals surface area contributed by atoms with Crippen LogP contribution < -0.4 is 10.1 Å². The minimum atomic E-state index is 0.866. The maximum absolute atomic E-state index is 5.61. The SMILES string of the molecule is COc1ccccc1-c1nn(-c2cc(C)ccc2C)c2c1CCCCN2. The van der Waals surface area contributed by atoms with Gasteiger partial charge in [0.05, 0.1) is 12.8 Å². The second kappa shape index (κ2) is 6.87. The van der Waals surface area contributed by atoms with Gasteiger partial charge in [0.2, 0.25) is 0 Å². The van der Waals surface area contributed by atoms with Gasteiger partial charge in [0.1, 0.15) is 17.3 Å². The average molecular weight is 347 g/mol. The Balaban J connectivity index is 1.97. The zero-order valence-electron chi connectivity index (χ0n) is 15.7. The molecule has 4 rings (SSSR count). The van der Waals surface area contributed by atoms with Crippen molar-refractivity contribution >= 4 is 5.82 Å². The van der Waals surface area contributed by atoms with Crippen molar-refractivity contribution in [3.05, 3.63) is 59.2 Å². The molecule has 0 aliphatic carbocycles. The molecule has 0 unspecified atom stereocenters. The number of hydrogen-bond acceptors (Lipinski definition) is 3. The van der Waals surface area contributed by atoms with Crippen LogP contribution in [0.1, 0.15) is 29.5 Å². The molecular weight excluding hydrogens is 322 g/mol. The number of aromatic nitrogens is 2. The van der Waals surface area contributed by atoms with E-state index in [1.807, 2.05) is 18.2 Å². The van der Waals surface area contributed by atoms with Crippen LogP contribution >= 0.6 is 0 Å². The summed E-state index contributed by atoms with van der Waals surface area (Å²) in [6, 6.07) is 14.7. The summed E-state index contributed by atoms with van der Waals surface area (Å²) in [4.78, 5) is 0. The van der Waals surface area contributed by atoms with Gasteiger partial charge in [0, 0.05) is 17.7 Å². The van der Waals surface area contributed by atoms with E-state index >= 15 is 0 Å². The molecular formula is C22H25N3O. The Labute approximate surface area is 154 Å². The van der Waals surface area contributed by atoms with E-state index in [1.54, 1.807) is 7.11 Å². The Morgan fingerprint density at radius 3 is 2.77 bits per heavy atom. The molecule has 0 bridgehead atoms. The van der Waals surface area contributed by atoms with Crippen LogP contribution in [0.5, 0.6) is 5.75 Å². The van der Waals surface area contributed by atoms with Gasteiger partial charge in [-0.3, -0.25) is 0 Å². The molecule has 134 valence electrons. The fraction of sp³-hybridized carbons (Fsp3) is 0.318. The molecule has 1 N–H and O–H groups in total. The molecule has 0 amide bonds. The first-order valence-electron chi connectivity index (χ1n) is 9.26. The van der Waals surface area contributed by atoms with Crippen molar-refractivity contribution in [1.82, 2.24) is 9.78 Å². The lowest BCUT2D eigenvalue weighted by Crippen LogP contribution is -2.08. The third kappa shape index (κ3) is 2.85. The third-order valence-corrected chi connectivity index (χ3v) is 5.08. The van der Waals surface area contributed by atoms with E-state index in [0.717, 1.165) is 41.5 Å². The van der Waals surface area contributed by atoms with Gasteiger partial charge in [-0.25, -0.2) is 4.68 Å². The highest BCUT2D eigenvalue weighted by Crippen LogP contribution is 2.38. The lowest BCUT2D eigenvalue weighted by Gasteiger charge is -2.12. The number of benzene rings is 2. The first-order valence-corrected chi connectivity index (χ1v) is 9.26. The number of para-hydroxylation sites is 1. The first-order chi connectivity index (χ1) is 12.7. The van der Waals surface area contributed by atoms with Crippen LogP contribution in [0, 0.1) is 13.8 Å². The maximum atomic E-state index is 5.61. The lowest BCUT2D eigenvalue weighted by molar-refractivity contribution is 0.416. The summed E-state index contributed by atoms with van der Waals surface area (Å²) in [5.41, 5.74) is 6.96. The third-order valence-electron chi connectivity index (χ3n) is 5.08. The number of nitrogens with one attached hydrogen (secondary N) is 1. The number of anilines is 1. The highest BCUT2D eigenvalue weighted by atomic mass is 16.5. The summed E-state index contributed by atoms with van der Waals surface area (Å²) in [5.74, 6) is 1.99. The molecule has 1 aliphatic heterocycles. The van der Waals surface area contributed by atoms with Crippen LogP contribution in [0.25, 0.3) is 16.9 Å². The minimum Gasteiger partial charge on any atom is -0.496 e. The Bertz CT molecular complexity index is 943. The van der Waals surface area contributed by atoms with Gasteiger partial charge < -0.3 is 10.1 Å². The van der Waals surface area contributed by atoms with Crippen molar-refractivity contribution in [2.45, 2.75) is 33.1 Å². The number of nitrogens with zero attached hydrogens (tertiary/aromatic N) is 2. The van der Waals surface area contributed by atoms with Crippen molar-refractivity contribution in [2.24, 2.45) is 0 Å². The number of methoxy groups -OCH3 is 1. The normalized spacial score (nSPS) is 13.7. The summed E-state index contributed by atoms with van der Waals surface area (Å²) in [6.45, 7) is 5.25. The van der Waals surface area contributed by atoms with Crippen LogP contribution in [-0.4, -0.2) is 23.4 Å². The molecule has 1 aromatic heterocycles. The monoisotopic (exact) mass is 347 g/mol. The molecule has 2 heterocycles. The van der Waals surface area contributed by atoms with Gasteiger partial charge in [-0.2, -0.15) is 5.10 Å². The van der Waals surface area contributed by atoms with Crippen LogP contribution in [0.2, 0.25) is 0 Å². The highest BCUT2D eigenvalue weighted by Gasteiger charge is 2.23. The number of aryl methyl sites for hydroxylation is 2. The van der Waals surface area contributed by atoms with Crippen LogP contribution in [0.3, 0.4) is 0 Å². The topological polar surface area (TPSA) is 39.1 Å². The average Bonchev–Trinajstić information content (AvgIpc) is 2.84. The van der Waals surface area contributed by atoms with E-state index in [4.69, 9.17) is 9.84 Å². The van der Waals surface area contributed by atoms with Crippen LogP contribution in [0.15, 0.2) is 42.5 Å². The Morgan fingerprint density at radius 2 is 1.92 bits per heavy atom. The molecule has 3 aromatic rings. The fourth-order valence-corrected chi connectivity index (χ4v) is 3.68. The molecule has 2 aromatic carbocycles. The van der Waals surface area contributed by atoms with E-state index < -0.39 is 0 Å². The molecule has 4 heteroatoms. The number of ether oxygens (including phenoxy) is 1. The molecule has 1 aliphatic rings. The van der Waals surface area contributed by atoms with Gasteiger partial charge in [-0.05, 0) is 62.4 Å². The summed E-state index contributed by atoms with van der Waals surface area (Å²) in [7, 11) is 1.72. The van der Waals surface area contributed by atoms with Gasteiger partial charge in [-0.15, -0.1) is 0 Å². The smallest absolute Gasteiger partial charge is 0.133 e. The quantitative estimate of drug-likeness (QED) is 0.731. The van der Waals surface area contributed by atoms with E-state index in [1.165, 1.54) is 29.5 Å². The summed E-state index contributed by atoms with van der Waals surface area (Å²) in [6.07, 6.45) is 3.37. The molecule has 0 atom stereocenters. The van der Waals surface area contributed by atoms with E-state index in [2.05, 4.69) is 48.1 Å². The highest BCUT2D eigenvalue weighted by molar-refractivity contribution is 5.75. The Hall–Kier alpha value is -2.75. The predicted molar refractivity (Wildman–Crippen MR) is 106 cm³/mol. The van der Waals surface area contributed by atoms with Crippen molar-refractivity contribution in [2.75, 3.05) is 19.0 Å². The molecule has 0 radical (unpaired) electrons. The van der Waals surface area contributed by atoms with E-state index in [-0.39, 0.29) is 0 Å². The van der Waals surface area contributed by atoms with Gasteiger partial charge in [-0.1, -0.05) is 24.3 Å². The first kappa shape index (κ1) is 16.7. The van der Waals surface area contributed by atoms with Gasteiger partial charge in [0.15, 0.2) is 0 Å². The van der Waals surface area contributed by atoms with Crippen LogP contribution in [0.4, 0.5) is 5.82 Å². The zero-order chi connectivity index (χ0) is 18.1.